The lowest BCUT2D eigenvalue weighted by Crippen LogP contribution is -2.58. The number of morpholine rings is 1. The van der Waals surface area contributed by atoms with Gasteiger partial charge in [-0.1, -0.05) is 41.1 Å². The summed E-state index contributed by atoms with van der Waals surface area (Å²) in [5.41, 5.74) is 1.72. The quantitative estimate of drug-likeness (QED) is 0.200. The maximum Gasteiger partial charge on any atom is 0.305 e. The van der Waals surface area contributed by atoms with Crippen LogP contribution in [0.4, 0.5) is 0 Å². The summed E-state index contributed by atoms with van der Waals surface area (Å²) in [6.07, 6.45) is 0.928. The number of thiazole rings is 1. The molecule has 1 unspecified atom stereocenters. The summed E-state index contributed by atoms with van der Waals surface area (Å²) in [5.74, 6) is 0.826. The molecule has 0 radical (unpaired) electrons. The zero-order valence-corrected chi connectivity index (χ0v) is 26.5. The van der Waals surface area contributed by atoms with Crippen molar-refractivity contribution in [3.8, 4) is 11.5 Å². The second kappa shape index (κ2) is 13.6. The number of piperidine rings is 1. The van der Waals surface area contributed by atoms with Crippen molar-refractivity contribution in [1.29, 1.82) is 0 Å². The summed E-state index contributed by atoms with van der Waals surface area (Å²) in [6, 6.07) is 14.6. The van der Waals surface area contributed by atoms with Gasteiger partial charge in [0.2, 0.25) is 0 Å². The van der Waals surface area contributed by atoms with Gasteiger partial charge in [0.1, 0.15) is 23.6 Å². The molecule has 234 valence electrons. The molecule has 13 heteroatoms. The number of fused-ring (bicyclic) bond motifs is 1. The predicted octanol–water partition coefficient (Wildman–Crippen LogP) is 4.22. The van der Waals surface area contributed by atoms with Crippen LogP contribution in [0.5, 0.6) is 11.5 Å². The molecule has 6 rings (SSSR count). The minimum Gasteiger partial charge on any atom is -0.506 e. The number of ether oxygens (including phenoxy) is 2. The Morgan fingerprint density at radius 1 is 1.11 bits per heavy atom. The number of phenolic OH excluding ortho intramolecular Hbond substituents is 1. The van der Waals surface area contributed by atoms with Crippen LogP contribution in [0, 0.1) is 0 Å². The molecule has 4 aromatic rings. The van der Waals surface area contributed by atoms with Crippen LogP contribution in [-0.4, -0.2) is 89.0 Å². The fraction of sp³-hybridized carbons (Fsp3) is 0.419. The standard InChI is InChI=1S/C31H35ClN4O6S2/c32-26-8-7-25(43-26)29(39)36-14-16-42-31(19-36)9-11-35(12-10-31)13-15-41-21-3-1-20(2-4-21)17-33-18-24(38)22-5-6-23(37)27-28(22)44-30(40)34-27/h1-8,24,33,37-38H,9-19H2,(H,34,40). The van der Waals surface area contributed by atoms with Gasteiger partial charge in [0, 0.05) is 44.8 Å². The van der Waals surface area contributed by atoms with Crippen molar-refractivity contribution in [2.45, 2.75) is 31.1 Å². The number of carbonyl (C=O) groups is 1. The highest BCUT2D eigenvalue weighted by Crippen LogP contribution is 2.33. The minimum atomic E-state index is -0.825. The number of H-pyrrole nitrogens is 1. The van der Waals surface area contributed by atoms with Gasteiger partial charge in [0.25, 0.3) is 5.91 Å². The summed E-state index contributed by atoms with van der Waals surface area (Å²) >= 11 is 8.33. The molecule has 1 amide bonds. The van der Waals surface area contributed by atoms with Gasteiger partial charge in [0.15, 0.2) is 0 Å². The fourth-order valence-electron chi connectivity index (χ4n) is 5.85. The number of rotatable bonds is 10. The van der Waals surface area contributed by atoms with E-state index in [1.165, 1.54) is 17.4 Å². The number of aromatic nitrogens is 1. The number of aliphatic hydroxyl groups is 1. The number of likely N-dealkylation sites (tertiary alicyclic amines) is 1. The van der Waals surface area contributed by atoms with Crippen molar-refractivity contribution in [2.75, 3.05) is 52.5 Å². The van der Waals surface area contributed by atoms with Gasteiger partial charge in [-0.25, -0.2) is 0 Å². The lowest BCUT2D eigenvalue weighted by Gasteiger charge is -2.47. The van der Waals surface area contributed by atoms with Crippen molar-refractivity contribution >= 4 is 50.4 Å². The smallest absolute Gasteiger partial charge is 0.305 e. The van der Waals surface area contributed by atoms with E-state index in [1.807, 2.05) is 29.2 Å². The second-order valence-electron chi connectivity index (χ2n) is 11.2. The maximum atomic E-state index is 12.9. The molecule has 2 fully saturated rings. The lowest BCUT2D eigenvalue weighted by molar-refractivity contribution is -0.127. The largest absolute Gasteiger partial charge is 0.506 e. The Labute approximate surface area is 267 Å². The van der Waals surface area contributed by atoms with Crippen molar-refractivity contribution in [2.24, 2.45) is 0 Å². The number of benzene rings is 2. The minimum absolute atomic E-state index is 0.00889. The molecule has 2 aliphatic rings. The van der Waals surface area contributed by atoms with Crippen molar-refractivity contribution in [3.63, 3.8) is 0 Å². The van der Waals surface area contributed by atoms with Crippen molar-refractivity contribution < 1.29 is 24.5 Å². The average Bonchev–Trinajstić information content (AvgIpc) is 3.64. The Morgan fingerprint density at radius 3 is 2.66 bits per heavy atom. The SMILES string of the molecule is O=C(c1ccc(Cl)s1)N1CCOC2(CCN(CCOc3ccc(CNCC(O)c4ccc(O)c5[nH]c(=O)sc45)cc3)CC2)C1. The van der Waals surface area contributed by atoms with E-state index in [0.29, 0.717) is 64.4 Å². The number of nitrogens with zero attached hydrogens (tertiary/aromatic N) is 2. The first-order chi connectivity index (χ1) is 21.3. The Bertz CT molecular complexity index is 1650. The number of hydrogen-bond donors (Lipinski definition) is 4. The molecule has 44 heavy (non-hydrogen) atoms. The van der Waals surface area contributed by atoms with Gasteiger partial charge in [-0.15, -0.1) is 11.3 Å². The predicted molar refractivity (Wildman–Crippen MR) is 172 cm³/mol. The van der Waals surface area contributed by atoms with E-state index in [-0.39, 0.29) is 22.1 Å². The Kier molecular flexibility index (Phi) is 9.57. The second-order valence-corrected chi connectivity index (χ2v) is 13.9. The van der Waals surface area contributed by atoms with Gasteiger partial charge in [-0.2, -0.15) is 0 Å². The van der Waals surface area contributed by atoms with Crippen molar-refractivity contribution in [3.05, 3.63) is 78.5 Å². The molecule has 2 aromatic carbocycles. The summed E-state index contributed by atoms with van der Waals surface area (Å²) in [4.78, 5) is 32.0. The molecule has 4 N–H and O–H groups in total. The molecule has 2 saturated heterocycles. The summed E-state index contributed by atoms with van der Waals surface area (Å²) in [6.45, 7) is 5.81. The van der Waals surface area contributed by atoms with Crippen LogP contribution < -0.4 is 14.9 Å². The zero-order valence-electron chi connectivity index (χ0n) is 24.1. The molecular formula is C31H35ClN4O6S2. The number of amides is 1. The normalized spacial score (nSPS) is 17.7. The third kappa shape index (κ3) is 7.12. The molecule has 10 nitrogen and oxygen atoms in total. The number of aliphatic hydroxyl groups excluding tert-OH is 1. The van der Waals surface area contributed by atoms with E-state index in [1.54, 1.807) is 18.2 Å². The van der Waals surface area contributed by atoms with E-state index >= 15 is 0 Å². The first-order valence-corrected chi connectivity index (χ1v) is 16.7. The van der Waals surface area contributed by atoms with Crippen LogP contribution in [0.2, 0.25) is 4.34 Å². The van der Waals surface area contributed by atoms with E-state index in [4.69, 9.17) is 21.1 Å². The Hall–Kier alpha value is -2.97. The highest BCUT2D eigenvalue weighted by Gasteiger charge is 2.41. The van der Waals surface area contributed by atoms with Crippen molar-refractivity contribution in [1.82, 2.24) is 20.1 Å². The molecule has 1 spiro atoms. The monoisotopic (exact) mass is 658 g/mol. The lowest BCUT2D eigenvalue weighted by atomic mass is 9.89. The van der Waals surface area contributed by atoms with Gasteiger partial charge < -0.3 is 34.9 Å². The van der Waals surface area contributed by atoms with E-state index in [2.05, 4.69) is 15.2 Å². The molecule has 0 saturated carbocycles. The Balaban J connectivity index is 0.910. The van der Waals surface area contributed by atoms with Gasteiger partial charge >= 0.3 is 4.87 Å². The highest BCUT2D eigenvalue weighted by atomic mass is 35.5. The van der Waals surface area contributed by atoms with Gasteiger partial charge in [0.05, 0.1) is 38.8 Å². The number of halogens is 1. The summed E-state index contributed by atoms with van der Waals surface area (Å²) in [7, 11) is 0. The first-order valence-electron chi connectivity index (χ1n) is 14.6. The van der Waals surface area contributed by atoms with E-state index in [9.17, 15) is 19.8 Å². The van der Waals surface area contributed by atoms with E-state index in [0.717, 1.165) is 55.1 Å². The summed E-state index contributed by atoms with van der Waals surface area (Å²) < 4.78 is 13.4. The molecule has 1 atom stereocenters. The molecule has 0 bridgehead atoms. The van der Waals surface area contributed by atoms with E-state index < -0.39 is 6.10 Å². The molecule has 0 aliphatic carbocycles. The Morgan fingerprint density at radius 2 is 1.91 bits per heavy atom. The number of nitrogens with one attached hydrogen (secondary N) is 2. The third-order valence-corrected chi connectivity index (χ3v) is 10.5. The number of carbonyl (C=O) groups excluding carboxylic acids is 1. The number of aromatic amines is 1. The maximum absolute atomic E-state index is 12.9. The van der Waals surface area contributed by atoms with Gasteiger partial charge in [-0.3, -0.25) is 14.5 Å². The topological polar surface area (TPSA) is 127 Å². The van der Waals surface area contributed by atoms with Crippen LogP contribution >= 0.6 is 34.3 Å². The number of aromatic hydroxyl groups is 1. The number of hydrogen-bond acceptors (Lipinski definition) is 10. The average molecular weight is 659 g/mol. The molecule has 4 heterocycles. The third-order valence-electron chi connectivity index (χ3n) is 8.30. The summed E-state index contributed by atoms with van der Waals surface area (Å²) in [5, 5.41) is 23.9. The number of thiophene rings is 1. The molecular weight excluding hydrogens is 624 g/mol. The zero-order chi connectivity index (χ0) is 30.7. The fourth-order valence-corrected chi connectivity index (χ4v) is 7.78. The van der Waals surface area contributed by atoms with Crippen LogP contribution in [0.1, 0.15) is 39.7 Å². The van der Waals surface area contributed by atoms with Crippen LogP contribution in [0.3, 0.4) is 0 Å². The first kappa shape index (κ1) is 31.0. The van der Waals surface area contributed by atoms with Crippen LogP contribution in [0.25, 0.3) is 10.2 Å². The number of phenols is 1. The van der Waals surface area contributed by atoms with Crippen LogP contribution in [-0.2, 0) is 11.3 Å². The van der Waals surface area contributed by atoms with Crippen LogP contribution in [0.15, 0.2) is 53.3 Å². The molecule has 2 aliphatic heterocycles. The molecule has 2 aromatic heterocycles. The van der Waals surface area contributed by atoms with Gasteiger partial charge in [-0.05, 0) is 48.7 Å². The highest BCUT2D eigenvalue weighted by molar-refractivity contribution is 7.18.